The van der Waals surface area contributed by atoms with Crippen LogP contribution in [0.25, 0.3) is 0 Å². The molecule has 1 fully saturated rings. The lowest BCUT2D eigenvalue weighted by Gasteiger charge is -2.25. The van der Waals surface area contributed by atoms with Crippen LogP contribution in [-0.2, 0) is 16.2 Å². The molecule has 1 heterocycles. The van der Waals surface area contributed by atoms with Gasteiger partial charge in [0.15, 0.2) is 5.69 Å². The molecule has 20 heavy (non-hydrogen) atoms. The van der Waals surface area contributed by atoms with Crippen LogP contribution in [0.5, 0.6) is 0 Å². The van der Waals surface area contributed by atoms with Gasteiger partial charge in [0.25, 0.3) is 5.92 Å². The largest absolute Gasteiger partial charge is 0.461 e. The van der Waals surface area contributed by atoms with Crippen LogP contribution in [0.3, 0.4) is 0 Å². The molecule has 1 aromatic rings. The summed E-state index contributed by atoms with van der Waals surface area (Å²) in [6, 6.07) is 0. The van der Waals surface area contributed by atoms with Crippen molar-refractivity contribution in [3.05, 3.63) is 17.0 Å². The normalized spacial score (nSPS) is 26.1. The van der Waals surface area contributed by atoms with E-state index in [1.807, 2.05) is 0 Å². The maximum atomic E-state index is 14.4. The number of hydrogen-bond acceptors (Lipinski definition) is 3. The number of nitrogens with zero attached hydrogens (tertiary/aromatic N) is 2. The molecule has 0 aromatic carbocycles. The number of carbonyl (C=O) groups is 1. The number of rotatable bonds is 2. The minimum atomic E-state index is -2.90. The Morgan fingerprint density at radius 1 is 1.50 bits per heavy atom. The Bertz CT molecular complexity index is 587. The molecular formula is C14H18F2N2O2. The second-order valence-electron chi connectivity index (χ2n) is 6.49. The van der Waals surface area contributed by atoms with E-state index in [1.54, 1.807) is 27.7 Å². The summed E-state index contributed by atoms with van der Waals surface area (Å²) >= 11 is 0. The highest BCUT2D eigenvalue weighted by atomic mass is 19.3. The lowest BCUT2D eigenvalue weighted by atomic mass is 10.1. The van der Waals surface area contributed by atoms with Gasteiger partial charge in [-0.15, -0.1) is 0 Å². The van der Waals surface area contributed by atoms with Crippen LogP contribution in [0.15, 0.2) is 0 Å². The number of alkyl halides is 2. The first-order chi connectivity index (χ1) is 9.19. The highest BCUT2D eigenvalue weighted by molar-refractivity contribution is 5.90. The van der Waals surface area contributed by atoms with Crippen LogP contribution in [0, 0.1) is 5.92 Å². The minimum Gasteiger partial charge on any atom is -0.461 e. The molecule has 0 N–H and O–H groups in total. The van der Waals surface area contributed by atoms with Crippen LogP contribution in [0.2, 0.25) is 0 Å². The third kappa shape index (κ3) is 1.63. The summed E-state index contributed by atoms with van der Waals surface area (Å²) in [5, 5.41) is 4.16. The van der Waals surface area contributed by atoms with E-state index >= 15 is 0 Å². The predicted molar refractivity (Wildman–Crippen MR) is 67.9 cm³/mol. The van der Waals surface area contributed by atoms with E-state index in [0.717, 1.165) is 0 Å². The summed E-state index contributed by atoms with van der Waals surface area (Å²) in [6.07, 6.45) is 0.433. The Morgan fingerprint density at radius 3 is 2.70 bits per heavy atom. The molecule has 1 aromatic heterocycles. The Morgan fingerprint density at radius 2 is 2.15 bits per heavy atom. The van der Waals surface area contributed by atoms with Crippen molar-refractivity contribution in [1.29, 1.82) is 0 Å². The van der Waals surface area contributed by atoms with Crippen molar-refractivity contribution in [2.75, 3.05) is 6.61 Å². The number of ether oxygens (including phenoxy) is 1. The summed E-state index contributed by atoms with van der Waals surface area (Å²) in [5.74, 6) is -4.41. The van der Waals surface area contributed by atoms with Gasteiger partial charge < -0.3 is 4.74 Å². The van der Waals surface area contributed by atoms with Gasteiger partial charge in [0.05, 0.1) is 12.1 Å². The maximum absolute atomic E-state index is 14.4. The summed E-state index contributed by atoms with van der Waals surface area (Å²) in [5.41, 5.74) is -0.209. The Labute approximate surface area is 116 Å². The average molecular weight is 284 g/mol. The van der Waals surface area contributed by atoms with Crippen molar-refractivity contribution < 1.29 is 18.3 Å². The first-order valence-electron chi connectivity index (χ1n) is 6.88. The van der Waals surface area contributed by atoms with Gasteiger partial charge in [0, 0.05) is 11.5 Å². The van der Waals surface area contributed by atoms with Crippen LogP contribution in [-0.4, -0.2) is 22.4 Å². The van der Waals surface area contributed by atoms with Crippen molar-refractivity contribution in [2.24, 2.45) is 5.92 Å². The zero-order valence-electron chi connectivity index (χ0n) is 12.0. The Balaban J connectivity index is 2.19. The molecule has 0 aliphatic heterocycles. The molecule has 2 aliphatic carbocycles. The number of hydrogen-bond donors (Lipinski definition) is 0. The summed E-state index contributed by atoms with van der Waals surface area (Å²) < 4.78 is 35.1. The number of esters is 1. The fourth-order valence-electron chi connectivity index (χ4n) is 3.03. The van der Waals surface area contributed by atoms with Crippen LogP contribution in [0.4, 0.5) is 8.78 Å². The minimum absolute atomic E-state index is 0.0708. The molecule has 0 unspecified atom stereocenters. The first-order valence-corrected chi connectivity index (χ1v) is 6.88. The number of halogens is 2. The predicted octanol–water partition coefficient (Wildman–Crippen LogP) is 3.02. The number of fused-ring (bicyclic) bond motifs is 3. The van der Waals surface area contributed by atoms with Crippen LogP contribution in [0.1, 0.15) is 61.8 Å². The second-order valence-corrected chi connectivity index (χ2v) is 6.49. The average Bonchev–Trinajstić information content (AvgIpc) is 2.94. The summed E-state index contributed by atoms with van der Waals surface area (Å²) in [7, 11) is 0. The molecule has 0 radical (unpaired) electrons. The van der Waals surface area contributed by atoms with Gasteiger partial charge in [0.1, 0.15) is 5.69 Å². The maximum Gasteiger partial charge on any atom is 0.359 e. The molecule has 2 atom stereocenters. The molecular weight excluding hydrogens is 266 g/mol. The molecule has 3 rings (SSSR count). The number of aromatic nitrogens is 2. The van der Waals surface area contributed by atoms with Crippen LogP contribution < -0.4 is 0 Å². The van der Waals surface area contributed by atoms with Gasteiger partial charge in [0.2, 0.25) is 0 Å². The lowest BCUT2D eigenvalue weighted by Crippen LogP contribution is -2.30. The van der Waals surface area contributed by atoms with E-state index in [1.165, 1.54) is 4.68 Å². The van der Waals surface area contributed by atoms with E-state index in [-0.39, 0.29) is 23.9 Å². The topological polar surface area (TPSA) is 44.1 Å². The highest BCUT2D eigenvalue weighted by Crippen LogP contribution is 2.68. The van der Waals surface area contributed by atoms with E-state index in [4.69, 9.17) is 4.74 Å². The molecule has 1 saturated carbocycles. The zero-order chi connectivity index (χ0) is 14.9. The van der Waals surface area contributed by atoms with Crippen LogP contribution >= 0.6 is 0 Å². The third-order valence-electron chi connectivity index (χ3n) is 3.97. The quantitative estimate of drug-likeness (QED) is 0.784. The van der Waals surface area contributed by atoms with E-state index in [9.17, 15) is 13.6 Å². The van der Waals surface area contributed by atoms with Gasteiger partial charge in [-0.2, -0.15) is 13.9 Å². The van der Waals surface area contributed by atoms with Crippen molar-refractivity contribution in [3.63, 3.8) is 0 Å². The molecule has 110 valence electrons. The molecule has 2 aliphatic rings. The molecule has 0 saturated heterocycles. The highest BCUT2D eigenvalue weighted by Gasteiger charge is 2.67. The summed E-state index contributed by atoms with van der Waals surface area (Å²) in [6.45, 7) is 7.30. The fraction of sp³-hybridized carbons (Fsp3) is 0.714. The number of carbonyl (C=O) groups excluding carboxylic acids is 1. The lowest BCUT2D eigenvalue weighted by molar-refractivity contribution is -0.0342. The van der Waals surface area contributed by atoms with Crippen molar-refractivity contribution in [1.82, 2.24) is 9.78 Å². The molecule has 0 bridgehead atoms. The van der Waals surface area contributed by atoms with Gasteiger partial charge >= 0.3 is 5.97 Å². The van der Waals surface area contributed by atoms with E-state index < -0.39 is 23.3 Å². The van der Waals surface area contributed by atoms with Gasteiger partial charge in [-0.3, -0.25) is 4.68 Å². The van der Waals surface area contributed by atoms with Gasteiger partial charge in [-0.05, 0) is 40.0 Å². The van der Waals surface area contributed by atoms with Crippen molar-refractivity contribution >= 4 is 5.97 Å². The van der Waals surface area contributed by atoms with Crippen molar-refractivity contribution in [2.45, 2.75) is 51.5 Å². The SMILES string of the molecule is CCOC(=O)c1nn(C(C)(C)C)c2c1[C@H]1C[C@H]1C2(F)F. The van der Waals surface area contributed by atoms with E-state index in [0.29, 0.717) is 12.0 Å². The Hall–Kier alpha value is -1.46. The molecule has 0 amide bonds. The van der Waals surface area contributed by atoms with Gasteiger partial charge in [-0.25, -0.2) is 4.79 Å². The standard InChI is InChI=1S/C14H18F2N2O2/c1-5-20-12(19)10-9-7-6-8(7)14(15,16)11(9)18(17-10)13(2,3)4/h7-8H,5-6H2,1-4H3/t7-,8+/m0/s1. The van der Waals surface area contributed by atoms with E-state index in [2.05, 4.69) is 5.10 Å². The smallest absolute Gasteiger partial charge is 0.359 e. The summed E-state index contributed by atoms with van der Waals surface area (Å²) in [4.78, 5) is 12.0. The molecule has 0 spiro atoms. The molecule has 4 nitrogen and oxygen atoms in total. The monoisotopic (exact) mass is 284 g/mol. The zero-order valence-corrected chi connectivity index (χ0v) is 12.0. The van der Waals surface area contributed by atoms with Gasteiger partial charge in [-0.1, -0.05) is 0 Å². The fourth-order valence-corrected chi connectivity index (χ4v) is 3.03. The van der Waals surface area contributed by atoms with Crippen molar-refractivity contribution in [3.8, 4) is 0 Å². The first kappa shape index (κ1) is 13.5. The second kappa shape index (κ2) is 3.80. The third-order valence-corrected chi connectivity index (χ3v) is 3.97. The molecule has 6 heteroatoms. The Kier molecular flexibility index (Phi) is 2.57.